The lowest BCUT2D eigenvalue weighted by Crippen LogP contribution is -2.15. The zero-order chi connectivity index (χ0) is 16.8. The number of benzene rings is 1. The number of rotatable bonds is 7. The Bertz CT molecular complexity index is 679. The van der Waals surface area contributed by atoms with E-state index in [9.17, 15) is 9.59 Å². The minimum absolute atomic E-state index is 0.00900. The minimum Gasteiger partial charge on any atom is -0.329 e. The Labute approximate surface area is 140 Å². The molecule has 0 aliphatic carbocycles. The molecule has 6 heteroatoms. The topological polar surface area (TPSA) is 64.0 Å². The molecule has 1 N–H and O–H groups in total. The Balaban J connectivity index is 1.99. The maximum Gasteiger partial charge on any atom is 0.224 e. The predicted octanol–water partition coefficient (Wildman–Crippen LogP) is 3.52. The highest BCUT2D eigenvalue weighted by Crippen LogP contribution is 2.24. The molecule has 1 heterocycles. The highest BCUT2D eigenvalue weighted by Gasteiger charge is 2.18. The quantitative estimate of drug-likeness (QED) is 0.623. The van der Waals surface area contributed by atoms with E-state index in [0.717, 1.165) is 11.6 Å². The van der Waals surface area contributed by atoms with Gasteiger partial charge in [0, 0.05) is 37.1 Å². The van der Waals surface area contributed by atoms with Crippen LogP contribution in [0.15, 0.2) is 41.8 Å². The van der Waals surface area contributed by atoms with Crippen molar-refractivity contribution in [3.05, 3.63) is 42.2 Å². The third-order valence-corrected chi connectivity index (χ3v) is 4.53. The molecule has 23 heavy (non-hydrogen) atoms. The van der Waals surface area contributed by atoms with Crippen molar-refractivity contribution < 1.29 is 9.59 Å². The molecule has 1 unspecified atom stereocenters. The van der Waals surface area contributed by atoms with Gasteiger partial charge in [-0.1, -0.05) is 18.7 Å². The number of carbonyl (C=O) groups is 2. The summed E-state index contributed by atoms with van der Waals surface area (Å²) in [6.45, 7) is 3.83. The van der Waals surface area contributed by atoms with Gasteiger partial charge >= 0.3 is 0 Å². The second kappa shape index (κ2) is 7.97. The molecule has 0 spiro atoms. The van der Waals surface area contributed by atoms with Gasteiger partial charge < -0.3 is 9.88 Å². The van der Waals surface area contributed by atoms with Crippen LogP contribution in [0.4, 0.5) is 5.69 Å². The van der Waals surface area contributed by atoms with Crippen LogP contribution in [0, 0.1) is 0 Å². The van der Waals surface area contributed by atoms with Gasteiger partial charge in [0.05, 0.1) is 5.25 Å². The minimum atomic E-state index is -0.225. The second-order valence-electron chi connectivity index (χ2n) is 5.32. The van der Waals surface area contributed by atoms with Crippen molar-refractivity contribution in [1.82, 2.24) is 9.55 Å². The summed E-state index contributed by atoms with van der Waals surface area (Å²) in [5.41, 5.74) is 1.34. The third kappa shape index (κ3) is 4.69. The van der Waals surface area contributed by atoms with Gasteiger partial charge in [0.15, 0.2) is 10.9 Å². The Morgan fingerprint density at radius 1 is 1.30 bits per heavy atom. The van der Waals surface area contributed by atoms with Crippen LogP contribution in [0.25, 0.3) is 0 Å². The molecule has 0 aliphatic rings. The van der Waals surface area contributed by atoms with Crippen LogP contribution in [-0.4, -0.2) is 26.5 Å². The van der Waals surface area contributed by atoms with E-state index in [1.165, 1.54) is 11.8 Å². The van der Waals surface area contributed by atoms with Gasteiger partial charge in [-0.25, -0.2) is 4.98 Å². The van der Waals surface area contributed by atoms with Gasteiger partial charge in [0.1, 0.15) is 0 Å². The number of imidazole rings is 1. The Morgan fingerprint density at radius 3 is 2.57 bits per heavy atom. The lowest BCUT2D eigenvalue weighted by molar-refractivity contribution is -0.116. The van der Waals surface area contributed by atoms with Crippen molar-refractivity contribution in [2.45, 2.75) is 37.1 Å². The number of thioether (sulfide) groups is 1. The van der Waals surface area contributed by atoms with E-state index < -0.39 is 0 Å². The van der Waals surface area contributed by atoms with E-state index >= 15 is 0 Å². The normalized spacial score (nSPS) is 12.0. The number of Topliss-reactive ketones (excluding diaryl/α,β-unsaturated/α-hetero) is 1. The maximum atomic E-state index is 12.5. The lowest BCUT2D eigenvalue weighted by atomic mass is 10.1. The molecule has 1 atom stereocenters. The van der Waals surface area contributed by atoms with Gasteiger partial charge in [0.25, 0.3) is 0 Å². The van der Waals surface area contributed by atoms with Crippen LogP contribution in [-0.2, 0) is 11.8 Å². The molecule has 0 fully saturated rings. The number of hydrogen-bond donors (Lipinski definition) is 1. The predicted molar refractivity (Wildman–Crippen MR) is 92.8 cm³/mol. The fourth-order valence-corrected chi connectivity index (χ4v) is 2.99. The number of amides is 1. The van der Waals surface area contributed by atoms with Crippen molar-refractivity contribution in [3.8, 4) is 0 Å². The molecule has 2 rings (SSSR count). The van der Waals surface area contributed by atoms with Crippen LogP contribution in [0.2, 0.25) is 0 Å². The first kappa shape index (κ1) is 17.3. The monoisotopic (exact) mass is 331 g/mol. The van der Waals surface area contributed by atoms with Crippen LogP contribution >= 0.6 is 11.8 Å². The Morgan fingerprint density at radius 2 is 2.00 bits per heavy atom. The van der Waals surface area contributed by atoms with Gasteiger partial charge in [-0.2, -0.15) is 0 Å². The molecular weight excluding hydrogens is 310 g/mol. The summed E-state index contributed by atoms with van der Waals surface area (Å²) in [6, 6.07) is 7.02. The summed E-state index contributed by atoms with van der Waals surface area (Å²) in [7, 11) is 1.90. The molecular formula is C17H21N3O2S. The molecule has 0 saturated heterocycles. The first-order chi connectivity index (χ1) is 11.0. The zero-order valence-corrected chi connectivity index (χ0v) is 14.4. The van der Waals surface area contributed by atoms with E-state index in [1.54, 1.807) is 30.5 Å². The molecule has 1 aromatic heterocycles. The number of nitrogens with one attached hydrogen (secondary N) is 1. The summed E-state index contributed by atoms with van der Waals surface area (Å²) < 4.78 is 1.89. The molecule has 5 nitrogen and oxygen atoms in total. The summed E-state index contributed by atoms with van der Waals surface area (Å²) in [5.74, 6) is 0.0368. The number of aryl methyl sites for hydroxylation is 1. The standard InChI is InChI=1S/C17H21N3O2S/c1-4-5-15(21)19-14-8-6-13(7-9-14)16(22)12(2)23-17-18-10-11-20(17)3/h6-12H,4-5H2,1-3H3,(H,19,21). The number of ketones is 1. The van der Waals surface area contributed by atoms with Crippen LogP contribution < -0.4 is 5.32 Å². The molecule has 0 radical (unpaired) electrons. The fourth-order valence-electron chi connectivity index (χ4n) is 2.08. The maximum absolute atomic E-state index is 12.5. The van der Waals surface area contributed by atoms with Crippen LogP contribution in [0.3, 0.4) is 0 Å². The SMILES string of the molecule is CCCC(=O)Nc1ccc(C(=O)C(C)Sc2nccn2C)cc1. The van der Waals surface area contributed by atoms with Gasteiger partial charge in [-0.15, -0.1) is 0 Å². The second-order valence-corrected chi connectivity index (χ2v) is 6.63. The van der Waals surface area contributed by atoms with E-state index in [2.05, 4.69) is 10.3 Å². The van der Waals surface area contributed by atoms with Gasteiger partial charge in [-0.3, -0.25) is 9.59 Å². The molecule has 0 saturated carbocycles. The van der Waals surface area contributed by atoms with Crippen molar-refractivity contribution in [2.75, 3.05) is 5.32 Å². The smallest absolute Gasteiger partial charge is 0.224 e. The number of nitrogens with zero attached hydrogens (tertiary/aromatic N) is 2. The largest absolute Gasteiger partial charge is 0.329 e. The third-order valence-electron chi connectivity index (χ3n) is 3.36. The van der Waals surface area contributed by atoms with E-state index in [-0.39, 0.29) is 16.9 Å². The van der Waals surface area contributed by atoms with Crippen molar-refractivity contribution in [2.24, 2.45) is 7.05 Å². The number of hydrogen-bond acceptors (Lipinski definition) is 4. The molecule has 1 amide bonds. The van der Waals surface area contributed by atoms with Gasteiger partial charge in [-0.05, 0) is 37.6 Å². The van der Waals surface area contributed by atoms with Crippen molar-refractivity contribution in [3.63, 3.8) is 0 Å². The first-order valence-corrected chi connectivity index (χ1v) is 8.47. The van der Waals surface area contributed by atoms with E-state index in [0.29, 0.717) is 17.7 Å². The zero-order valence-electron chi connectivity index (χ0n) is 13.6. The van der Waals surface area contributed by atoms with E-state index in [1.807, 2.05) is 31.7 Å². The van der Waals surface area contributed by atoms with E-state index in [4.69, 9.17) is 0 Å². The molecule has 1 aromatic carbocycles. The highest BCUT2D eigenvalue weighted by molar-refractivity contribution is 8.00. The Hall–Kier alpha value is -2.08. The van der Waals surface area contributed by atoms with Gasteiger partial charge in [0.2, 0.25) is 5.91 Å². The number of carbonyl (C=O) groups excluding carboxylic acids is 2. The Kier molecular flexibility index (Phi) is 5.98. The van der Waals surface area contributed by atoms with Crippen molar-refractivity contribution in [1.29, 1.82) is 0 Å². The summed E-state index contributed by atoms with van der Waals surface area (Å²) >= 11 is 1.43. The average Bonchev–Trinajstić information content (AvgIpc) is 2.92. The summed E-state index contributed by atoms with van der Waals surface area (Å²) in [6.07, 6.45) is 4.88. The average molecular weight is 331 g/mol. The summed E-state index contributed by atoms with van der Waals surface area (Å²) in [5, 5.41) is 3.40. The number of aromatic nitrogens is 2. The molecule has 2 aromatic rings. The van der Waals surface area contributed by atoms with Crippen LogP contribution in [0.1, 0.15) is 37.0 Å². The molecule has 0 aliphatic heterocycles. The van der Waals surface area contributed by atoms with Crippen LogP contribution in [0.5, 0.6) is 0 Å². The number of anilines is 1. The molecule has 0 bridgehead atoms. The lowest BCUT2D eigenvalue weighted by Gasteiger charge is -2.11. The molecule has 122 valence electrons. The highest BCUT2D eigenvalue weighted by atomic mass is 32.2. The summed E-state index contributed by atoms with van der Waals surface area (Å²) in [4.78, 5) is 28.3. The van der Waals surface area contributed by atoms with Crippen molar-refractivity contribution >= 4 is 29.1 Å². The fraction of sp³-hybridized carbons (Fsp3) is 0.353. The first-order valence-electron chi connectivity index (χ1n) is 7.59.